The molecular formula is C15H13Cl4NO4. The normalized spacial score (nSPS) is 15.1. The zero-order chi connectivity index (χ0) is 18.3. The summed E-state index contributed by atoms with van der Waals surface area (Å²) >= 11 is 24.1. The third-order valence-electron chi connectivity index (χ3n) is 3.61. The van der Waals surface area contributed by atoms with Crippen LogP contribution in [0.4, 0.5) is 0 Å². The first-order chi connectivity index (χ1) is 11.1. The number of hydrogen-bond acceptors (Lipinski definition) is 4. The monoisotopic (exact) mass is 411 g/mol. The van der Waals surface area contributed by atoms with E-state index >= 15 is 0 Å². The summed E-state index contributed by atoms with van der Waals surface area (Å²) in [7, 11) is 1.18. The number of imide groups is 1. The summed E-state index contributed by atoms with van der Waals surface area (Å²) in [6.07, 6.45) is 0.231. The van der Waals surface area contributed by atoms with Crippen molar-refractivity contribution in [2.24, 2.45) is 5.92 Å². The number of methoxy groups -OCH3 is 1. The Balaban J connectivity index is 2.63. The average Bonchev–Trinajstić information content (AvgIpc) is 2.78. The molecule has 0 spiro atoms. The highest BCUT2D eigenvalue weighted by Gasteiger charge is 2.47. The molecule has 2 rings (SSSR count). The topological polar surface area (TPSA) is 63.7 Å². The first-order valence-electron chi connectivity index (χ1n) is 6.95. The van der Waals surface area contributed by atoms with Crippen LogP contribution in [0.5, 0.6) is 0 Å². The lowest BCUT2D eigenvalue weighted by Gasteiger charge is -2.25. The molecule has 5 nitrogen and oxygen atoms in total. The number of carbonyl (C=O) groups excluding carboxylic acids is 3. The SMILES string of the molecule is COC(=O)[C@H](CC(C)C)N1C(=O)c2c(Cl)c(Cl)c(Cl)c(Cl)c2C1=O. The highest BCUT2D eigenvalue weighted by atomic mass is 35.5. The van der Waals surface area contributed by atoms with Gasteiger partial charge in [-0.1, -0.05) is 60.3 Å². The van der Waals surface area contributed by atoms with Crippen molar-refractivity contribution in [2.75, 3.05) is 7.11 Å². The second-order valence-corrected chi connectivity index (χ2v) is 7.17. The molecule has 0 N–H and O–H groups in total. The van der Waals surface area contributed by atoms with Crippen LogP contribution >= 0.6 is 46.4 Å². The number of halogens is 4. The molecule has 0 fully saturated rings. The maximum Gasteiger partial charge on any atom is 0.329 e. The van der Waals surface area contributed by atoms with E-state index in [1.54, 1.807) is 0 Å². The van der Waals surface area contributed by atoms with Gasteiger partial charge in [-0.25, -0.2) is 4.79 Å². The van der Waals surface area contributed by atoms with E-state index in [1.165, 1.54) is 7.11 Å². The van der Waals surface area contributed by atoms with Crippen molar-refractivity contribution in [3.8, 4) is 0 Å². The Labute approximate surface area is 158 Å². The Kier molecular flexibility index (Phi) is 5.70. The molecule has 2 amide bonds. The van der Waals surface area contributed by atoms with E-state index < -0.39 is 23.8 Å². The zero-order valence-corrected chi connectivity index (χ0v) is 16.0. The Morgan fingerprint density at radius 2 is 1.38 bits per heavy atom. The second kappa shape index (κ2) is 7.08. The molecular weight excluding hydrogens is 400 g/mol. The third kappa shape index (κ3) is 2.99. The van der Waals surface area contributed by atoms with Crippen LogP contribution in [-0.4, -0.2) is 35.8 Å². The van der Waals surface area contributed by atoms with Crippen LogP contribution in [0.2, 0.25) is 20.1 Å². The predicted molar refractivity (Wildman–Crippen MR) is 92.2 cm³/mol. The molecule has 1 aromatic carbocycles. The van der Waals surface area contributed by atoms with Crippen LogP contribution in [-0.2, 0) is 9.53 Å². The van der Waals surface area contributed by atoms with E-state index in [0.29, 0.717) is 0 Å². The van der Waals surface area contributed by atoms with E-state index in [9.17, 15) is 14.4 Å². The molecule has 1 aliphatic rings. The van der Waals surface area contributed by atoms with Gasteiger partial charge in [-0.3, -0.25) is 14.5 Å². The number of benzene rings is 1. The number of amides is 2. The van der Waals surface area contributed by atoms with Gasteiger partial charge in [0.05, 0.1) is 38.3 Å². The van der Waals surface area contributed by atoms with Crippen LogP contribution < -0.4 is 0 Å². The van der Waals surface area contributed by atoms with E-state index in [1.807, 2.05) is 13.8 Å². The third-order valence-corrected chi connectivity index (χ3v) is 5.41. The molecule has 1 heterocycles. The van der Waals surface area contributed by atoms with Gasteiger partial charge in [0.2, 0.25) is 0 Å². The molecule has 130 valence electrons. The fourth-order valence-electron chi connectivity index (χ4n) is 2.54. The number of hydrogen-bond donors (Lipinski definition) is 0. The van der Waals surface area contributed by atoms with Crippen molar-refractivity contribution in [1.82, 2.24) is 4.90 Å². The van der Waals surface area contributed by atoms with E-state index in [2.05, 4.69) is 0 Å². The minimum Gasteiger partial charge on any atom is -0.467 e. The summed E-state index contributed by atoms with van der Waals surface area (Å²) in [5.74, 6) is -2.19. The largest absolute Gasteiger partial charge is 0.467 e. The molecule has 24 heavy (non-hydrogen) atoms. The number of rotatable bonds is 4. The molecule has 9 heteroatoms. The maximum absolute atomic E-state index is 12.7. The fraction of sp³-hybridized carbons (Fsp3) is 0.400. The quantitative estimate of drug-likeness (QED) is 0.316. The van der Waals surface area contributed by atoms with Crippen LogP contribution in [0.3, 0.4) is 0 Å². The highest BCUT2D eigenvalue weighted by Crippen LogP contribution is 2.45. The highest BCUT2D eigenvalue weighted by molar-refractivity contribution is 6.55. The minimum absolute atomic E-state index is 0.0246. The number of nitrogens with zero attached hydrogens (tertiary/aromatic N) is 1. The minimum atomic E-state index is -1.09. The van der Waals surface area contributed by atoms with Gasteiger partial charge in [-0.2, -0.15) is 0 Å². The summed E-state index contributed by atoms with van der Waals surface area (Å²) in [6.45, 7) is 3.70. The van der Waals surface area contributed by atoms with Crippen LogP contribution in [0.1, 0.15) is 41.0 Å². The lowest BCUT2D eigenvalue weighted by Crippen LogP contribution is -2.46. The summed E-state index contributed by atoms with van der Waals surface area (Å²) in [5, 5.41) is -0.586. The summed E-state index contributed by atoms with van der Waals surface area (Å²) in [5.41, 5.74) is -0.308. The fourth-order valence-corrected chi connectivity index (χ4v) is 3.55. The van der Waals surface area contributed by atoms with E-state index in [4.69, 9.17) is 51.1 Å². The zero-order valence-electron chi connectivity index (χ0n) is 13.0. The molecule has 0 bridgehead atoms. The van der Waals surface area contributed by atoms with Crippen molar-refractivity contribution in [2.45, 2.75) is 26.3 Å². The van der Waals surface area contributed by atoms with Crippen molar-refractivity contribution >= 4 is 64.2 Å². The number of esters is 1. The van der Waals surface area contributed by atoms with Crippen molar-refractivity contribution in [3.05, 3.63) is 31.2 Å². The van der Waals surface area contributed by atoms with Gasteiger partial charge in [-0.05, 0) is 12.3 Å². The molecule has 0 aliphatic carbocycles. The van der Waals surface area contributed by atoms with Gasteiger partial charge in [0.15, 0.2) is 0 Å². The van der Waals surface area contributed by atoms with E-state index in [0.717, 1.165) is 4.90 Å². The Morgan fingerprint density at radius 3 is 1.71 bits per heavy atom. The van der Waals surface area contributed by atoms with Crippen LogP contribution in [0, 0.1) is 5.92 Å². The lowest BCUT2D eigenvalue weighted by atomic mass is 10.0. The van der Waals surface area contributed by atoms with Gasteiger partial charge in [0.1, 0.15) is 6.04 Å². The van der Waals surface area contributed by atoms with Crippen molar-refractivity contribution in [3.63, 3.8) is 0 Å². The summed E-state index contributed by atoms with van der Waals surface area (Å²) < 4.78 is 4.73. The molecule has 0 aromatic heterocycles. The Morgan fingerprint density at radius 1 is 0.958 bits per heavy atom. The first-order valence-corrected chi connectivity index (χ1v) is 8.46. The lowest BCUT2D eigenvalue weighted by molar-refractivity contribution is -0.145. The van der Waals surface area contributed by atoms with Gasteiger partial charge < -0.3 is 4.74 Å². The van der Waals surface area contributed by atoms with Crippen LogP contribution in [0.25, 0.3) is 0 Å². The van der Waals surface area contributed by atoms with Gasteiger partial charge in [-0.15, -0.1) is 0 Å². The van der Waals surface area contributed by atoms with Crippen molar-refractivity contribution < 1.29 is 19.1 Å². The van der Waals surface area contributed by atoms with Gasteiger partial charge in [0.25, 0.3) is 11.8 Å². The molecule has 0 saturated carbocycles. The molecule has 1 atom stereocenters. The summed E-state index contributed by atoms with van der Waals surface area (Å²) in [4.78, 5) is 38.4. The number of ether oxygens (including phenoxy) is 1. The molecule has 0 saturated heterocycles. The van der Waals surface area contributed by atoms with E-state index in [-0.39, 0.29) is 43.6 Å². The van der Waals surface area contributed by atoms with Crippen molar-refractivity contribution in [1.29, 1.82) is 0 Å². The first kappa shape index (κ1) is 19.3. The number of fused-ring (bicyclic) bond motifs is 1. The van der Waals surface area contributed by atoms with Crippen LogP contribution in [0.15, 0.2) is 0 Å². The molecule has 1 aliphatic heterocycles. The predicted octanol–water partition coefficient (Wildman–Crippen LogP) is 4.48. The van der Waals surface area contributed by atoms with Gasteiger partial charge >= 0.3 is 5.97 Å². The molecule has 0 radical (unpaired) electrons. The smallest absolute Gasteiger partial charge is 0.329 e. The molecule has 1 aromatic rings. The molecule has 0 unspecified atom stereocenters. The van der Waals surface area contributed by atoms with Gasteiger partial charge in [0, 0.05) is 0 Å². The number of carbonyl (C=O) groups is 3. The Bertz CT molecular complexity index is 701. The summed E-state index contributed by atoms with van der Waals surface area (Å²) in [6, 6.07) is -1.09. The average molecular weight is 413 g/mol. The standard InChI is InChI=1S/C15H13Cl4NO4/c1-5(2)4-6(15(23)24-3)20-13(21)7-8(14(20)22)10(17)12(19)11(18)9(7)16/h5-6H,4H2,1-3H3/t6-/m0/s1. The Hall–Kier alpha value is -1.01. The maximum atomic E-state index is 12.7. The second-order valence-electron chi connectivity index (χ2n) is 5.65.